The third-order valence-electron chi connectivity index (χ3n) is 2.54. The van der Waals surface area contributed by atoms with Crippen LogP contribution in [0.15, 0.2) is 24.3 Å². The summed E-state index contributed by atoms with van der Waals surface area (Å²) in [6.07, 6.45) is -5.17. The van der Waals surface area contributed by atoms with E-state index in [1.807, 2.05) is 0 Å². The SMILES string of the molecule is CCCNC(c1ccc(Cl)cc1)C(F)(F)C(F)(F)F. The lowest BCUT2D eigenvalue weighted by atomic mass is 10.00. The van der Waals surface area contributed by atoms with Gasteiger partial charge in [0.05, 0.1) is 0 Å². The summed E-state index contributed by atoms with van der Waals surface area (Å²) in [4.78, 5) is 0. The van der Waals surface area contributed by atoms with Gasteiger partial charge in [-0.05, 0) is 30.7 Å². The molecule has 0 saturated carbocycles. The molecule has 1 atom stereocenters. The van der Waals surface area contributed by atoms with Gasteiger partial charge in [0.15, 0.2) is 0 Å². The Kier molecular flexibility index (Phi) is 5.15. The number of alkyl halides is 5. The minimum absolute atomic E-state index is 0.0545. The fourth-order valence-electron chi connectivity index (χ4n) is 1.56. The molecular formula is C12H13ClF5N. The van der Waals surface area contributed by atoms with E-state index in [9.17, 15) is 22.0 Å². The molecule has 0 spiro atoms. The number of benzene rings is 1. The molecule has 0 aliphatic rings. The van der Waals surface area contributed by atoms with Crippen molar-refractivity contribution in [1.82, 2.24) is 5.32 Å². The molecule has 0 bridgehead atoms. The van der Waals surface area contributed by atoms with Crippen LogP contribution in [0.4, 0.5) is 22.0 Å². The highest BCUT2D eigenvalue weighted by Crippen LogP contribution is 2.44. The third-order valence-corrected chi connectivity index (χ3v) is 2.79. The van der Waals surface area contributed by atoms with E-state index in [1.165, 1.54) is 12.1 Å². The minimum Gasteiger partial charge on any atom is -0.305 e. The second-order valence-corrected chi connectivity index (χ2v) is 4.50. The average molecular weight is 302 g/mol. The highest BCUT2D eigenvalue weighted by Gasteiger charge is 2.62. The van der Waals surface area contributed by atoms with Gasteiger partial charge >= 0.3 is 12.1 Å². The lowest BCUT2D eigenvalue weighted by Gasteiger charge is -2.29. The van der Waals surface area contributed by atoms with Gasteiger partial charge in [0.25, 0.3) is 0 Å². The molecule has 0 aromatic heterocycles. The molecule has 1 nitrogen and oxygen atoms in total. The van der Waals surface area contributed by atoms with Crippen LogP contribution in [0.2, 0.25) is 5.02 Å². The van der Waals surface area contributed by atoms with Crippen LogP contribution in [0.3, 0.4) is 0 Å². The van der Waals surface area contributed by atoms with Crippen LogP contribution in [0.1, 0.15) is 24.9 Å². The van der Waals surface area contributed by atoms with E-state index >= 15 is 0 Å². The van der Waals surface area contributed by atoms with Crippen molar-refractivity contribution in [3.63, 3.8) is 0 Å². The molecule has 1 N–H and O–H groups in total. The predicted molar refractivity (Wildman–Crippen MR) is 63.5 cm³/mol. The van der Waals surface area contributed by atoms with Gasteiger partial charge in [-0.25, -0.2) is 0 Å². The van der Waals surface area contributed by atoms with Crippen LogP contribution in [-0.4, -0.2) is 18.6 Å². The van der Waals surface area contributed by atoms with E-state index in [4.69, 9.17) is 11.6 Å². The Balaban J connectivity index is 3.11. The molecule has 1 aromatic rings. The van der Waals surface area contributed by atoms with Crippen molar-refractivity contribution in [2.45, 2.75) is 31.5 Å². The van der Waals surface area contributed by atoms with Gasteiger partial charge in [-0.1, -0.05) is 30.7 Å². The molecule has 19 heavy (non-hydrogen) atoms. The Morgan fingerprint density at radius 3 is 2.05 bits per heavy atom. The van der Waals surface area contributed by atoms with Crippen molar-refractivity contribution < 1.29 is 22.0 Å². The lowest BCUT2D eigenvalue weighted by Crippen LogP contribution is -2.48. The van der Waals surface area contributed by atoms with Crippen LogP contribution < -0.4 is 5.32 Å². The lowest BCUT2D eigenvalue weighted by molar-refractivity contribution is -0.294. The van der Waals surface area contributed by atoms with E-state index < -0.39 is 18.1 Å². The molecule has 0 aliphatic carbocycles. The molecule has 0 amide bonds. The fourth-order valence-corrected chi connectivity index (χ4v) is 1.69. The molecule has 0 heterocycles. The number of halogens is 6. The number of nitrogens with one attached hydrogen (secondary N) is 1. The molecule has 1 aromatic carbocycles. The van der Waals surface area contributed by atoms with E-state index in [0.29, 0.717) is 6.42 Å². The van der Waals surface area contributed by atoms with Crippen LogP contribution in [0.5, 0.6) is 0 Å². The minimum atomic E-state index is -5.61. The van der Waals surface area contributed by atoms with Gasteiger partial charge in [0, 0.05) is 5.02 Å². The summed E-state index contributed by atoms with van der Waals surface area (Å²) in [5.41, 5.74) is -0.153. The Hall–Kier alpha value is -0.880. The first-order valence-corrected chi connectivity index (χ1v) is 6.01. The Morgan fingerprint density at radius 2 is 1.63 bits per heavy atom. The number of hydrogen-bond acceptors (Lipinski definition) is 1. The van der Waals surface area contributed by atoms with Crippen molar-refractivity contribution in [2.24, 2.45) is 0 Å². The van der Waals surface area contributed by atoms with Crippen molar-refractivity contribution in [3.8, 4) is 0 Å². The molecule has 0 aliphatic heterocycles. The second-order valence-electron chi connectivity index (χ2n) is 4.06. The van der Waals surface area contributed by atoms with Crippen molar-refractivity contribution in [2.75, 3.05) is 6.54 Å². The summed E-state index contributed by atoms with van der Waals surface area (Å²) < 4.78 is 64.3. The normalized spacial score (nSPS) is 14.5. The molecular weight excluding hydrogens is 289 g/mol. The van der Waals surface area contributed by atoms with Crippen LogP contribution in [0, 0.1) is 0 Å². The van der Waals surface area contributed by atoms with Crippen molar-refractivity contribution >= 4 is 11.6 Å². The molecule has 108 valence electrons. The summed E-state index contributed by atoms with van der Waals surface area (Å²) in [7, 11) is 0. The quantitative estimate of drug-likeness (QED) is 0.785. The maximum absolute atomic E-state index is 13.5. The maximum atomic E-state index is 13.5. The van der Waals surface area contributed by atoms with E-state index in [2.05, 4.69) is 5.32 Å². The number of hydrogen-bond donors (Lipinski definition) is 1. The van der Waals surface area contributed by atoms with Gasteiger partial charge < -0.3 is 5.32 Å². The zero-order valence-electron chi connectivity index (χ0n) is 10.1. The third kappa shape index (κ3) is 3.79. The van der Waals surface area contributed by atoms with Gasteiger partial charge in [0.2, 0.25) is 0 Å². The first-order valence-electron chi connectivity index (χ1n) is 5.63. The van der Waals surface area contributed by atoms with Crippen LogP contribution >= 0.6 is 11.6 Å². The van der Waals surface area contributed by atoms with Gasteiger partial charge in [-0.15, -0.1) is 0 Å². The summed E-state index contributed by atoms with van der Waals surface area (Å²) in [6.45, 7) is 1.73. The van der Waals surface area contributed by atoms with Crippen LogP contribution in [0.25, 0.3) is 0 Å². The predicted octanol–water partition coefficient (Wildman–Crippen LogP) is 4.58. The summed E-state index contributed by atoms with van der Waals surface area (Å²) >= 11 is 5.59. The van der Waals surface area contributed by atoms with E-state index in [-0.39, 0.29) is 17.1 Å². The summed E-state index contributed by atoms with van der Waals surface area (Å²) in [5.74, 6) is -4.85. The largest absolute Gasteiger partial charge is 0.455 e. The van der Waals surface area contributed by atoms with Crippen molar-refractivity contribution in [3.05, 3.63) is 34.9 Å². The van der Waals surface area contributed by atoms with Gasteiger partial charge in [0.1, 0.15) is 6.04 Å². The molecule has 1 rings (SSSR count). The Labute approximate surface area is 112 Å². The number of rotatable bonds is 5. The highest BCUT2D eigenvalue weighted by atomic mass is 35.5. The van der Waals surface area contributed by atoms with Crippen LogP contribution in [-0.2, 0) is 0 Å². The first kappa shape index (κ1) is 16.2. The summed E-state index contributed by atoms with van der Waals surface area (Å²) in [5, 5.41) is 2.51. The second kappa shape index (κ2) is 6.05. The molecule has 0 saturated heterocycles. The fraction of sp³-hybridized carbons (Fsp3) is 0.500. The highest BCUT2D eigenvalue weighted by molar-refractivity contribution is 6.30. The van der Waals surface area contributed by atoms with Crippen molar-refractivity contribution in [1.29, 1.82) is 0 Å². The molecule has 1 unspecified atom stereocenters. The standard InChI is InChI=1S/C12H13ClF5N/c1-2-7-19-10(11(14,15)12(16,17)18)8-3-5-9(13)6-4-8/h3-6,10,19H,2,7H2,1H3. The smallest absolute Gasteiger partial charge is 0.305 e. The van der Waals surface area contributed by atoms with E-state index in [0.717, 1.165) is 12.1 Å². The molecule has 0 radical (unpaired) electrons. The maximum Gasteiger partial charge on any atom is 0.455 e. The van der Waals surface area contributed by atoms with Gasteiger partial charge in [-0.2, -0.15) is 22.0 Å². The topological polar surface area (TPSA) is 12.0 Å². The zero-order valence-corrected chi connectivity index (χ0v) is 10.8. The Morgan fingerprint density at radius 1 is 1.11 bits per heavy atom. The van der Waals surface area contributed by atoms with Gasteiger partial charge in [-0.3, -0.25) is 0 Å². The average Bonchev–Trinajstić information content (AvgIpc) is 2.30. The molecule has 7 heteroatoms. The zero-order chi connectivity index (χ0) is 14.7. The monoisotopic (exact) mass is 301 g/mol. The summed E-state index contributed by atoms with van der Waals surface area (Å²) in [6, 6.07) is 2.77. The first-order chi connectivity index (χ1) is 8.70. The Bertz CT molecular complexity index is 402. The molecule has 0 fully saturated rings. The van der Waals surface area contributed by atoms with E-state index in [1.54, 1.807) is 6.92 Å².